The molecule has 0 radical (unpaired) electrons. The molecule has 106 valence electrons. The summed E-state index contributed by atoms with van der Waals surface area (Å²) in [5, 5.41) is 10.1. The van der Waals surface area contributed by atoms with Crippen LogP contribution in [0.2, 0.25) is 0 Å². The van der Waals surface area contributed by atoms with E-state index in [-0.39, 0.29) is 5.82 Å². The Morgan fingerprint density at radius 1 is 1.10 bits per heavy atom. The number of halogens is 1. The SMILES string of the molecule is Cc1ccccc1N(C)CCC(O)c1ccccc1F. The van der Waals surface area contributed by atoms with E-state index in [2.05, 4.69) is 17.9 Å². The summed E-state index contributed by atoms with van der Waals surface area (Å²) in [4.78, 5) is 2.08. The Morgan fingerprint density at radius 2 is 1.75 bits per heavy atom. The van der Waals surface area contributed by atoms with Crippen molar-refractivity contribution in [3.05, 3.63) is 65.5 Å². The lowest BCUT2D eigenvalue weighted by molar-refractivity contribution is 0.165. The number of aliphatic hydroxyl groups is 1. The summed E-state index contributed by atoms with van der Waals surface area (Å²) in [7, 11) is 1.98. The fraction of sp³-hybridized carbons (Fsp3) is 0.294. The summed E-state index contributed by atoms with van der Waals surface area (Å²) in [6, 6.07) is 14.5. The fourth-order valence-electron chi connectivity index (χ4n) is 2.33. The number of nitrogens with zero attached hydrogens (tertiary/aromatic N) is 1. The van der Waals surface area contributed by atoms with E-state index in [0.717, 1.165) is 5.69 Å². The second-order valence-corrected chi connectivity index (χ2v) is 5.03. The number of para-hydroxylation sites is 1. The minimum absolute atomic E-state index is 0.349. The third kappa shape index (κ3) is 3.36. The molecule has 0 aliphatic rings. The summed E-state index contributed by atoms with van der Waals surface area (Å²) in [5.74, 6) is -0.349. The Labute approximate surface area is 119 Å². The summed E-state index contributed by atoms with van der Waals surface area (Å²) >= 11 is 0. The number of benzene rings is 2. The van der Waals surface area contributed by atoms with Crippen LogP contribution in [-0.2, 0) is 0 Å². The standard InChI is InChI=1S/C17H20FNO/c1-13-7-3-6-10-16(13)19(2)12-11-17(20)14-8-4-5-9-15(14)18/h3-10,17,20H,11-12H2,1-2H3. The molecule has 0 aliphatic carbocycles. The quantitative estimate of drug-likeness (QED) is 0.898. The molecule has 2 rings (SSSR count). The van der Waals surface area contributed by atoms with Crippen molar-refractivity contribution in [3.63, 3.8) is 0 Å². The minimum Gasteiger partial charge on any atom is -0.388 e. The number of aryl methyl sites for hydroxylation is 1. The van der Waals surface area contributed by atoms with Crippen LogP contribution in [0.5, 0.6) is 0 Å². The lowest BCUT2D eigenvalue weighted by atomic mass is 10.1. The van der Waals surface area contributed by atoms with Crippen LogP contribution in [0, 0.1) is 12.7 Å². The largest absolute Gasteiger partial charge is 0.388 e. The van der Waals surface area contributed by atoms with Gasteiger partial charge in [-0.2, -0.15) is 0 Å². The lowest BCUT2D eigenvalue weighted by Gasteiger charge is -2.23. The van der Waals surface area contributed by atoms with Gasteiger partial charge in [-0.25, -0.2) is 4.39 Å². The summed E-state index contributed by atoms with van der Waals surface area (Å²) in [6.45, 7) is 2.72. The molecular formula is C17H20FNO. The molecule has 2 aromatic rings. The van der Waals surface area contributed by atoms with E-state index in [0.29, 0.717) is 18.5 Å². The monoisotopic (exact) mass is 273 g/mol. The van der Waals surface area contributed by atoms with Crippen LogP contribution in [0.4, 0.5) is 10.1 Å². The highest BCUT2D eigenvalue weighted by Gasteiger charge is 2.13. The third-order valence-electron chi connectivity index (χ3n) is 3.53. The van der Waals surface area contributed by atoms with Gasteiger partial charge in [0.25, 0.3) is 0 Å². The van der Waals surface area contributed by atoms with E-state index in [1.54, 1.807) is 18.2 Å². The van der Waals surface area contributed by atoms with Gasteiger partial charge in [-0.15, -0.1) is 0 Å². The maximum absolute atomic E-state index is 13.6. The number of anilines is 1. The second-order valence-electron chi connectivity index (χ2n) is 5.03. The molecule has 1 unspecified atom stereocenters. The van der Waals surface area contributed by atoms with E-state index >= 15 is 0 Å². The number of aliphatic hydroxyl groups excluding tert-OH is 1. The molecule has 0 saturated carbocycles. The van der Waals surface area contributed by atoms with E-state index in [1.807, 2.05) is 25.2 Å². The van der Waals surface area contributed by atoms with Crippen LogP contribution >= 0.6 is 0 Å². The lowest BCUT2D eigenvalue weighted by Crippen LogP contribution is -2.21. The van der Waals surface area contributed by atoms with Gasteiger partial charge in [0.1, 0.15) is 5.82 Å². The third-order valence-corrected chi connectivity index (χ3v) is 3.53. The Balaban J connectivity index is 1.99. The van der Waals surface area contributed by atoms with Gasteiger partial charge in [0.15, 0.2) is 0 Å². The Morgan fingerprint density at radius 3 is 2.45 bits per heavy atom. The first-order chi connectivity index (χ1) is 9.59. The molecule has 0 aliphatic heterocycles. The average molecular weight is 273 g/mol. The fourth-order valence-corrected chi connectivity index (χ4v) is 2.33. The minimum atomic E-state index is -0.775. The predicted molar refractivity (Wildman–Crippen MR) is 80.4 cm³/mol. The highest BCUT2D eigenvalue weighted by atomic mass is 19.1. The summed E-state index contributed by atoms with van der Waals surface area (Å²) in [6.07, 6.45) is -0.283. The van der Waals surface area contributed by atoms with Crippen molar-refractivity contribution in [2.45, 2.75) is 19.4 Å². The van der Waals surface area contributed by atoms with Crippen molar-refractivity contribution in [1.82, 2.24) is 0 Å². The number of hydrogen-bond donors (Lipinski definition) is 1. The van der Waals surface area contributed by atoms with Crippen LogP contribution in [0.15, 0.2) is 48.5 Å². The molecule has 0 aromatic heterocycles. The van der Waals surface area contributed by atoms with Crippen LogP contribution in [0.3, 0.4) is 0 Å². The van der Waals surface area contributed by atoms with Crippen LogP contribution in [0.1, 0.15) is 23.7 Å². The zero-order chi connectivity index (χ0) is 14.5. The van der Waals surface area contributed by atoms with Crippen molar-refractivity contribution in [2.24, 2.45) is 0 Å². The predicted octanol–water partition coefficient (Wildman–Crippen LogP) is 3.69. The smallest absolute Gasteiger partial charge is 0.128 e. The van der Waals surface area contributed by atoms with Crippen LogP contribution in [-0.4, -0.2) is 18.7 Å². The maximum Gasteiger partial charge on any atom is 0.128 e. The zero-order valence-electron chi connectivity index (χ0n) is 11.9. The van der Waals surface area contributed by atoms with Gasteiger partial charge in [0, 0.05) is 24.8 Å². The molecule has 20 heavy (non-hydrogen) atoms. The van der Waals surface area contributed by atoms with Crippen LogP contribution in [0.25, 0.3) is 0 Å². The van der Waals surface area contributed by atoms with Crippen molar-refractivity contribution < 1.29 is 9.50 Å². The first kappa shape index (κ1) is 14.5. The summed E-state index contributed by atoms with van der Waals surface area (Å²) < 4.78 is 13.6. The molecular weight excluding hydrogens is 253 g/mol. The van der Waals surface area contributed by atoms with Crippen molar-refractivity contribution in [3.8, 4) is 0 Å². The molecule has 1 N–H and O–H groups in total. The number of hydrogen-bond acceptors (Lipinski definition) is 2. The zero-order valence-corrected chi connectivity index (χ0v) is 11.9. The van der Waals surface area contributed by atoms with Crippen molar-refractivity contribution in [1.29, 1.82) is 0 Å². The molecule has 3 heteroatoms. The van der Waals surface area contributed by atoms with Gasteiger partial charge >= 0.3 is 0 Å². The highest BCUT2D eigenvalue weighted by Crippen LogP contribution is 2.22. The normalized spacial score (nSPS) is 12.2. The molecule has 0 fully saturated rings. The first-order valence-corrected chi connectivity index (χ1v) is 6.79. The molecule has 0 heterocycles. The molecule has 0 saturated heterocycles. The molecule has 0 amide bonds. The Bertz CT molecular complexity index is 519. The van der Waals surface area contributed by atoms with E-state index in [4.69, 9.17) is 0 Å². The summed E-state index contributed by atoms with van der Waals surface area (Å²) in [5.41, 5.74) is 2.69. The van der Waals surface area contributed by atoms with E-state index in [1.165, 1.54) is 11.6 Å². The topological polar surface area (TPSA) is 23.5 Å². The Kier molecular flexibility index (Phi) is 4.74. The first-order valence-electron chi connectivity index (χ1n) is 6.79. The molecule has 2 nitrogen and oxygen atoms in total. The Hall–Kier alpha value is -1.87. The average Bonchev–Trinajstić information content (AvgIpc) is 2.45. The molecule has 2 aromatic carbocycles. The molecule has 0 spiro atoms. The van der Waals surface area contributed by atoms with Gasteiger partial charge in [-0.3, -0.25) is 0 Å². The molecule has 0 bridgehead atoms. The van der Waals surface area contributed by atoms with Gasteiger partial charge in [-0.05, 0) is 31.0 Å². The van der Waals surface area contributed by atoms with Gasteiger partial charge < -0.3 is 10.0 Å². The molecule has 1 atom stereocenters. The van der Waals surface area contributed by atoms with Gasteiger partial charge in [-0.1, -0.05) is 36.4 Å². The second kappa shape index (κ2) is 6.53. The van der Waals surface area contributed by atoms with Gasteiger partial charge in [0.05, 0.1) is 6.10 Å². The van der Waals surface area contributed by atoms with Crippen molar-refractivity contribution in [2.75, 3.05) is 18.5 Å². The van der Waals surface area contributed by atoms with Crippen molar-refractivity contribution >= 4 is 5.69 Å². The highest BCUT2D eigenvalue weighted by molar-refractivity contribution is 5.52. The van der Waals surface area contributed by atoms with Gasteiger partial charge in [0.2, 0.25) is 0 Å². The van der Waals surface area contributed by atoms with Crippen LogP contribution < -0.4 is 4.90 Å². The maximum atomic E-state index is 13.6. The van der Waals surface area contributed by atoms with E-state index in [9.17, 15) is 9.50 Å². The van der Waals surface area contributed by atoms with E-state index < -0.39 is 6.10 Å². The number of rotatable bonds is 5.